The third-order valence-electron chi connectivity index (χ3n) is 3.49. The third-order valence-corrected chi connectivity index (χ3v) is 3.49. The number of ether oxygens (including phenoxy) is 1. The summed E-state index contributed by atoms with van der Waals surface area (Å²) in [7, 11) is 0. The van der Waals surface area contributed by atoms with Gasteiger partial charge in [-0.15, -0.1) is 5.10 Å². The predicted octanol–water partition coefficient (Wildman–Crippen LogP) is 2.46. The van der Waals surface area contributed by atoms with Gasteiger partial charge in [0.15, 0.2) is 0 Å². The highest BCUT2D eigenvalue weighted by Crippen LogP contribution is 2.23. The van der Waals surface area contributed by atoms with E-state index in [0.717, 1.165) is 5.56 Å². The van der Waals surface area contributed by atoms with Crippen molar-refractivity contribution in [1.82, 2.24) is 20.1 Å². The van der Waals surface area contributed by atoms with E-state index in [1.165, 1.54) is 12.1 Å². The molecule has 1 aliphatic heterocycles. The third kappa shape index (κ3) is 3.70. The lowest BCUT2D eigenvalue weighted by Gasteiger charge is -2.24. The van der Waals surface area contributed by atoms with Crippen molar-refractivity contribution in [2.45, 2.75) is 39.0 Å². The molecular weight excluding hydrogens is 313 g/mol. The van der Waals surface area contributed by atoms with Gasteiger partial charge in [-0.25, -0.2) is 13.9 Å². The topological polar surface area (TPSA) is 81.1 Å². The summed E-state index contributed by atoms with van der Waals surface area (Å²) in [5, 5.41) is 10.2. The number of nitrogens with one attached hydrogen (secondary N) is 2. The molecule has 7 nitrogen and oxygen atoms in total. The minimum absolute atomic E-state index is 0.115. The van der Waals surface area contributed by atoms with Gasteiger partial charge in [0, 0.05) is 6.54 Å². The van der Waals surface area contributed by atoms with Crippen LogP contribution in [-0.2, 0) is 11.3 Å². The lowest BCUT2D eigenvalue weighted by Crippen LogP contribution is -2.34. The zero-order chi connectivity index (χ0) is 17.3. The van der Waals surface area contributed by atoms with E-state index in [-0.39, 0.29) is 17.8 Å². The average Bonchev–Trinajstić information content (AvgIpc) is 2.88. The van der Waals surface area contributed by atoms with E-state index in [1.54, 1.807) is 37.6 Å². The Balaban J connectivity index is 1.80. The zero-order valence-corrected chi connectivity index (χ0v) is 13.8. The number of halogens is 1. The van der Waals surface area contributed by atoms with Crippen molar-refractivity contribution in [1.29, 1.82) is 0 Å². The Labute approximate surface area is 139 Å². The Bertz CT molecular complexity index is 736. The lowest BCUT2D eigenvalue weighted by molar-refractivity contribution is 0.0634. The van der Waals surface area contributed by atoms with Crippen LogP contribution in [0.25, 0.3) is 0 Å². The van der Waals surface area contributed by atoms with Crippen LogP contribution in [0.2, 0.25) is 0 Å². The molecule has 1 unspecified atom stereocenters. The Hall–Kier alpha value is -2.48. The van der Waals surface area contributed by atoms with Gasteiger partial charge in [-0.1, -0.05) is 12.1 Å². The van der Waals surface area contributed by atoms with Crippen molar-refractivity contribution < 1.29 is 13.9 Å². The van der Waals surface area contributed by atoms with E-state index in [4.69, 9.17) is 4.74 Å². The fraction of sp³-hybridized carbons (Fsp3) is 0.438. The van der Waals surface area contributed by atoms with Crippen LogP contribution in [0.1, 0.15) is 38.2 Å². The predicted molar refractivity (Wildman–Crippen MR) is 86.1 cm³/mol. The monoisotopic (exact) mass is 333 g/mol. The molecular formula is C16H20FN5O2. The second kappa shape index (κ2) is 6.20. The van der Waals surface area contributed by atoms with Crippen LogP contribution >= 0.6 is 0 Å². The Morgan fingerprint density at radius 3 is 2.75 bits per heavy atom. The second-order valence-corrected chi connectivity index (χ2v) is 6.62. The molecule has 1 aromatic heterocycles. The van der Waals surface area contributed by atoms with E-state index in [0.29, 0.717) is 18.9 Å². The summed E-state index contributed by atoms with van der Waals surface area (Å²) in [6.07, 6.45) is -0.600. The van der Waals surface area contributed by atoms with Crippen molar-refractivity contribution in [3.63, 3.8) is 0 Å². The SMILES string of the molecule is CC(C)(C)OC(=O)Nc1nc2n(n1)C(c1ccc(F)cc1)CNC2. The van der Waals surface area contributed by atoms with Crippen molar-refractivity contribution in [2.75, 3.05) is 11.9 Å². The Morgan fingerprint density at radius 2 is 2.08 bits per heavy atom. The van der Waals surface area contributed by atoms with Gasteiger partial charge in [-0.2, -0.15) is 4.98 Å². The molecule has 0 aliphatic carbocycles. The molecule has 24 heavy (non-hydrogen) atoms. The number of amides is 1. The molecule has 128 valence electrons. The number of nitrogens with zero attached hydrogens (tertiary/aromatic N) is 3. The molecule has 0 fully saturated rings. The number of anilines is 1. The first kappa shape index (κ1) is 16.4. The summed E-state index contributed by atoms with van der Waals surface area (Å²) in [4.78, 5) is 16.2. The van der Waals surface area contributed by atoms with Crippen molar-refractivity contribution in [2.24, 2.45) is 0 Å². The van der Waals surface area contributed by atoms with Crippen LogP contribution in [0.15, 0.2) is 24.3 Å². The van der Waals surface area contributed by atoms with Crippen LogP contribution < -0.4 is 10.6 Å². The van der Waals surface area contributed by atoms with Crippen LogP contribution in [0.3, 0.4) is 0 Å². The first-order chi connectivity index (χ1) is 11.3. The number of aromatic nitrogens is 3. The van der Waals surface area contributed by atoms with Gasteiger partial charge in [-0.05, 0) is 38.5 Å². The lowest BCUT2D eigenvalue weighted by atomic mass is 10.1. The van der Waals surface area contributed by atoms with Crippen molar-refractivity contribution >= 4 is 12.0 Å². The van der Waals surface area contributed by atoms with E-state index in [9.17, 15) is 9.18 Å². The Kier molecular flexibility index (Phi) is 4.23. The maximum atomic E-state index is 13.1. The van der Waals surface area contributed by atoms with Crippen LogP contribution in [0.5, 0.6) is 0 Å². The average molecular weight is 333 g/mol. The number of fused-ring (bicyclic) bond motifs is 1. The molecule has 0 spiro atoms. The van der Waals surface area contributed by atoms with Crippen LogP contribution in [0, 0.1) is 5.82 Å². The fourth-order valence-electron chi connectivity index (χ4n) is 2.52. The summed E-state index contributed by atoms with van der Waals surface area (Å²) in [6, 6.07) is 6.16. The minimum atomic E-state index is -0.600. The van der Waals surface area contributed by atoms with Gasteiger partial charge in [0.2, 0.25) is 0 Å². The Morgan fingerprint density at radius 1 is 1.38 bits per heavy atom. The molecule has 2 N–H and O–H groups in total. The highest BCUT2D eigenvalue weighted by Gasteiger charge is 2.25. The molecule has 0 saturated carbocycles. The summed E-state index contributed by atoms with van der Waals surface area (Å²) in [5.41, 5.74) is 0.320. The maximum absolute atomic E-state index is 13.1. The van der Waals surface area contributed by atoms with Crippen LogP contribution in [-0.4, -0.2) is 33.0 Å². The molecule has 0 radical (unpaired) electrons. The number of benzene rings is 1. The normalized spacial score (nSPS) is 17.2. The summed E-state index contributed by atoms with van der Waals surface area (Å²) in [5.74, 6) is 0.602. The van der Waals surface area contributed by atoms with Crippen molar-refractivity contribution in [3.8, 4) is 0 Å². The fourth-order valence-corrected chi connectivity index (χ4v) is 2.52. The van der Waals surface area contributed by atoms with E-state index >= 15 is 0 Å². The number of rotatable bonds is 2. The van der Waals surface area contributed by atoms with Crippen molar-refractivity contribution in [3.05, 3.63) is 41.5 Å². The second-order valence-electron chi connectivity index (χ2n) is 6.62. The number of carbonyl (C=O) groups excluding carboxylic acids is 1. The smallest absolute Gasteiger partial charge is 0.414 e. The number of hydrogen-bond acceptors (Lipinski definition) is 5. The van der Waals surface area contributed by atoms with Gasteiger partial charge >= 0.3 is 6.09 Å². The number of hydrogen-bond donors (Lipinski definition) is 2. The summed E-state index contributed by atoms with van der Waals surface area (Å²) in [6.45, 7) is 6.54. The summed E-state index contributed by atoms with van der Waals surface area (Å²) < 4.78 is 20.1. The highest BCUT2D eigenvalue weighted by atomic mass is 19.1. The highest BCUT2D eigenvalue weighted by molar-refractivity contribution is 5.82. The zero-order valence-electron chi connectivity index (χ0n) is 13.8. The molecule has 3 rings (SSSR count). The first-order valence-corrected chi connectivity index (χ1v) is 7.73. The standard InChI is InChI=1S/C16H20FN5O2/c1-16(2,3)24-15(23)20-14-19-13-9-18-8-12(22(13)21-14)10-4-6-11(17)7-5-10/h4-7,12,18H,8-9H2,1-3H3,(H,20,21,23). The van der Waals surface area contributed by atoms with Gasteiger partial charge in [0.25, 0.3) is 5.95 Å². The number of carbonyl (C=O) groups is 1. The molecule has 1 amide bonds. The van der Waals surface area contributed by atoms with Gasteiger partial charge in [-0.3, -0.25) is 5.32 Å². The molecule has 1 aliphatic rings. The molecule has 1 aromatic carbocycles. The van der Waals surface area contributed by atoms with E-state index in [2.05, 4.69) is 20.7 Å². The molecule has 0 bridgehead atoms. The molecule has 1 atom stereocenters. The first-order valence-electron chi connectivity index (χ1n) is 7.73. The molecule has 8 heteroatoms. The van der Waals surface area contributed by atoms with E-state index in [1.807, 2.05) is 0 Å². The minimum Gasteiger partial charge on any atom is -0.444 e. The molecule has 2 aromatic rings. The largest absolute Gasteiger partial charge is 0.444 e. The quantitative estimate of drug-likeness (QED) is 0.882. The molecule has 0 saturated heterocycles. The molecule has 2 heterocycles. The van der Waals surface area contributed by atoms with Gasteiger partial charge in [0.1, 0.15) is 17.2 Å². The van der Waals surface area contributed by atoms with Gasteiger partial charge < -0.3 is 10.1 Å². The summed E-state index contributed by atoms with van der Waals surface area (Å²) >= 11 is 0. The van der Waals surface area contributed by atoms with Crippen LogP contribution in [0.4, 0.5) is 15.1 Å². The maximum Gasteiger partial charge on any atom is 0.414 e. The van der Waals surface area contributed by atoms with E-state index < -0.39 is 11.7 Å². The van der Waals surface area contributed by atoms with Gasteiger partial charge in [0.05, 0.1) is 12.6 Å².